The van der Waals surface area contributed by atoms with Gasteiger partial charge >= 0.3 is 0 Å². The van der Waals surface area contributed by atoms with Crippen LogP contribution in [0.4, 0.5) is 10.7 Å². The molecule has 4 rings (SSSR count). The molecule has 1 saturated heterocycles. The Morgan fingerprint density at radius 2 is 1.90 bits per heavy atom. The SMILES string of the molecule is CN(Cc1ccccc1N1CCOCC1)C(=O)c1ccc(NC(=O)c2ccco2)s1. The van der Waals surface area contributed by atoms with Gasteiger partial charge < -0.3 is 24.3 Å². The summed E-state index contributed by atoms with van der Waals surface area (Å²) in [7, 11) is 1.79. The Hall–Kier alpha value is -3.10. The average Bonchev–Trinajstić information content (AvgIpc) is 3.47. The van der Waals surface area contributed by atoms with Crippen LogP contribution in [0.25, 0.3) is 0 Å². The highest BCUT2D eigenvalue weighted by molar-refractivity contribution is 7.18. The maximum atomic E-state index is 12.9. The van der Waals surface area contributed by atoms with E-state index in [2.05, 4.69) is 22.3 Å². The molecule has 0 spiro atoms. The Bertz CT molecular complexity index is 1010. The zero-order chi connectivity index (χ0) is 20.9. The monoisotopic (exact) mass is 425 g/mol. The third-order valence-corrected chi connectivity index (χ3v) is 5.88. The molecule has 0 bridgehead atoms. The lowest BCUT2D eigenvalue weighted by Crippen LogP contribution is -2.37. The second kappa shape index (κ2) is 9.15. The molecule has 3 heterocycles. The number of carbonyl (C=O) groups is 2. The van der Waals surface area contributed by atoms with Gasteiger partial charge in [0.25, 0.3) is 11.8 Å². The van der Waals surface area contributed by atoms with Crippen molar-refractivity contribution in [3.63, 3.8) is 0 Å². The highest BCUT2D eigenvalue weighted by atomic mass is 32.1. The molecule has 0 saturated carbocycles. The quantitative estimate of drug-likeness (QED) is 0.652. The number of amides is 2. The molecule has 1 N–H and O–H groups in total. The van der Waals surface area contributed by atoms with Gasteiger partial charge in [0.1, 0.15) is 0 Å². The number of rotatable bonds is 6. The van der Waals surface area contributed by atoms with E-state index < -0.39 is 0 Å². The lowest BCUT2D eigenvalue weighted by atomic mass is 10.1. The minimum Gasteiger partial charge on any atom is -0.459 e. The van der Waals surface area contributed by atoms with Crippen molar-refractivity contribution >= 4 is 33.8 Å². The largest absolute Gasteiger partial charge is 0.459 e. The van der Waals surface area contributed by atoms with Gasteiger partial charge in [-0.05, 0) is 35.9 Å². The molecular weight excluding hydrogens is 402 g/mol. The van der Waals surface area contributed by atoms with Gasteiger partial charge in [0.2, 0.25) is 0 Å². The Kier molecular flexibility index (Phi) is 6.15. The van der Waals surface area contributed by atoms with Crippen LogP contribution >= 0.6 is 11.3 Å². The second-order valence-corrected chi connectivity index (χ2v) is 8.07. The number of carbonyl (C=O) groups excluding carboxylic acids is 2. The summed E-state index contributed by atoms with van der Waals surface area (Å²) < 4.78 is 10.5. The fourth-order valence-electron chi connectivity index (χ4n) is 3.37. The predicted molar refractivity (Wildman–Crippen MR) is 116 cm³/mol. The van der Waals surface area contributed by atoms with Gasteiger partial charge in [0.05, 0.1) is 29.4 Å². The Morgan fingerprint density at radius 3 is 2.67 bits per heavy atom. The number of furan rings is 1. The first-order valence-electron chi connectivity index (χ1n) is 9.72. The Morgan fingerprint density at radius 1 is 1.10 bits per heavy atom. The third-order valence-electron chi connectivity index (χ3n) is 4.90. The zero-order valence-corrected chi connectivity index (χ0v) is 17.5. The van der Waals surface area contributed by atoms with Crippen LogP contribution in [0.2, 0.25) is 0 Å². The number of nitrogens with zero attached hydrogens (tertiary/aromatic N) is 2. The molecule has 1 aromatic carbocycles. The first-order chi connectivity index (χ1) is 14.6. The lowest BCUT2D eigenvalue weighted by Gasteiger charge is -2.31. The van der Waals surface area contributed by atoms with Crippen LogP contribution in [0, 0.1) is 0 Å². The molecular formula is C22H23N3O4S. The van der Waals surface area contributed by atoms with Gasteiger partial charge in [0, 0.05) is 32.4 Å². The second-order valence-electron chi connectivity index (χ2n) is 6.98. The molecule has 1 fully saturated rings. The molecule has 156 valence electrons. The lowest BCUT2D eigenvalue weighted by molar-refractivity contribution is 0.0789. The van der Waals surface area contributed by atoms with Crippen LogP contribution in [-0.4, -0.2) is 50.1 Å². The van der Waals surface area contributed by atoms with Crippen LogP contribution in [0.3, 0.4) is 0 Å². The van der Waals surface area contributed by atoms with Crippen LogP contribution in [0.5, 0.6) is 0 Å². The van der Waals surface area contributed by atoms with Crippen LogP contribution in [0.1, 0.15) is 25.8 Å². The van der Waals surface area contributed by atoms with Gasteiger partial charge in [-0.3, -0.25) is 9.59 Å². The van der Waals surface area contributed by atoms with E-state index in [0.29, 0.717) is 29.6 Å². The van der Waals surface area contributed by atoms with Crippen LogP contribution in [-0.2, 0) is 11.3 Å². The summed E-state index contributed by atoms with van der Waals surface area (Å²) in [5, 5.41) is 3.36. The van der Waals surface area contributed by atoms with Crippen molar-refractivity contribution in [1.29, 1.82) is 0 Å². The third kappa shape index (κ3) is 4.55. The molecule has 2 amide bonds. The summed E-state index contributed by atoms with van der Waals surface area (Å²) in [5.74, 6) is -0.197. The van der Waals surface area contributed by atoms with Gasteiger partial charge in [-0.15, -0.1) is 11.3 Å². The highest BCUT2D eigenvalue weighted by Gasteiger charge is 2.19. The maximum absolute atomic E-state index is 12.9. The molecule has 3 aromatic rings. The number of morpholine rings is 1. The first-order valence-corrected chi connectivity index (χ1v) is 10.5. The smallest absolute Gasteiger partial charge is 0.291 e. The standard InChI is InChI=1S/C22H23N3O4S/c1-24(15-16-5-2-3-6-17(16)25-10-13-28-14-11-25)22(27)19-8-9-20(30-19)23-21(26)18-7-4-12-29-18/h2-9,12H,10-11,13-15H2,1H3,(H,23,26). The van der Waals surface area contributed by atoms with E-state index in [-0.39, 0.29) is 17.6 Å². The van der Waals surface area contributed by atoms with E-state index in [9.17, 15) is 9.59 Å². The number of benzene rings is 1. The number of hydrogen-bond acceptors (Lipinski definition) is 6. The van der Waals surface area contributed by atoms with Crippen molar-refractivity contribution in [2.75, 3.05) is 43.6 Å². The molecule has 30 heavy (non-hydrogen) atoms. The summed E-state index contributed by atoms with van der Waals surface area (Å²) in [5.41, 5.74) is 2.23. The van der Waals surface area contributed by atoms with E-state index in [1.54, 1.807) is 36.2 Å². The van der Waals surface area contributed by atoms with E-state index in [4.69, 9.17) is 9.15 Å². The van der Waals surface area contributed by atoms with Crippen molar-refractivity contribution < 1.29 is 18.7 Å². The molecule has 0 radical (unpaired) electrons. The molecule has 2 aromatic heterocycles. The Balaban J connectivity index is 1.42. The zero-order valence-electron chi connectivity index (χ0n) is 16.7. The minimum absolute atomic E-state index is 0.0877. The topological polar surface area (TPSA) is 75.0 Å². The number of thiophene rings is 1. The molecule has 1 aliphatic rings. The normalized spacial score (nSPS) is 13.8. The highest BCUT2D eigenvalue weighted by Crippen LogP contribution is 2.26. The van der Waals surface area contributed by atoms with E-state index in [1.165, 1.54) is 17.6 Å². The molecule has 1 aliphatic heterocycles. The van der Waals surface area contributed by atoms with Crippen molar-refractivity contribution in [2.24, 2.45) is 0 Å². The van der Waals surface area contributed by atoms with Gasteiger partial charge in [-0.2, -0.15) is 0 Å². The average molecular weight is 426 g/mol. The summed E-state index contributed by atoms with van der Waals surface area (Å²) in [6.07, 6.45) is 1.45. The number of ether oxygens (including phenoxy) is 1. The number of hydrogen-bond donors (Lipinski definition) is 1. The van der Waals surface area contributed by atoms with E-state index in [0.717, 1.165) is 24.3 Å². The first kappa shape index (κ1) is 20.2. The fourth-order valence-corrected chi connectivity index (χ4v) is 4.27. The number of anilines is 2. The molecule has 0 atom stereocenters. The molecule has 0 unspecified atom stereocenters. The van der Waals surface area contributed by atoms with Crippen molar-refractivity contribution in [2.45, 2.75) is 6.54 Å². The maximum Gasteiger partial charge on any atom is 0.291 e. The molecule has 0 aliphatic carbocycles. The van der Waals surface area contributed by atoms with E-state index >= 15 is 0 Å². The van der Waals surface area contributed by atoms with Gasteiger partial charge in [-0.1, -0.05) is 18.2 Å². The number of para-hydroxylation sites is 1. The predicted octanol–water partition coefficient (Wildman–Crippen LogP) is 3.70. The van der Waals surface area contributed by atoms with Gasteiger partial charge in [-0.25, -0.2) is 0 Å². The fraction of sp³-hybridized carbons (Fsp3) is 0.273. The number of nitrogens with one attached hydrogen (secondary N) is 1. The van der Waals surface area contributed by atoms with Crippen molar-refractivity contribution in [3.8, 4) is 0 Å². The summed E-state index contributed by atoms with van der Waals surface area (Å²) in [6, 6.07) is 14.9. The summed E-state index contributed by atoms with van der Waals surface area (Å²) >= 11 is 1.25. The summed E-state index contributed by atoms with van der Waals surface area (Å²) in [4.78, 5) is 29.6. The summed E-state index contributed by atoms with van der Waals surface area (Å²) in [6.45, 7) is 3.62. The van der Waals surface area contributed by atoms with Crippen molar-refractivity contribution in [3.05, 3.63) is 71.0 Å². The van der Waals surface area contributed by atoms with Crippen molar-refractivity contribution in [1.82, 2.24) is 4.90 Å². The van der Waals surface area contributed by atoms with E-state index in [1.807, 2.05) is 12.1 Å². The molecule has 8 heteroatoms. The minimum atomic E-state index is -0.339. The van der Waals surface area contributed by atoms with Gasteiger partial charge in [0.15, 0.2) is 5.76 Å². The van der Waals surface area contributed by atoms with Crippen LogP contribution in [0.15, 0.2) is 59.2 Å². The Labute approximate surface area is 178 Å². The van der Waals surface area contributed by atoms with Crippen LogP contribution < -0.4 is 10.2 Å². The molecule has 7 nitrogen and oxygen atoms in total.